The van der Waals surface area contributed by atoms with Gasteiger partial charge in [0.05, 0.1) is 12.5 Å². The minimum atomic E-state index is -0.498. The standard InChI is InChI=1S/C22H26N4O2/c1-3-28-22(27)17-14(2)25-21(26-16-12-8-5-9-13-16)19(20(23)24)18(17)15-10-6-4-7-11-15/h4-14,17-18,25-26H,3H2,1-2H3,(H3,23,24). The Kier molecular flexibility index (Phi) is 5.99. The van der Waals surface area contributed by atoms with Gasteiger partial charge in [0.1, 0.15) is 11.7 Å². The number of carbonyl (C=O) groups excluding carboxylic acids is 1. The lowest BCUT2D eigenvalue weighted by molar-refractivity contribution is -0.149. The van der Waals surface area contributed by atoms with Crippen LogP contribution in [-0.4, -0.2) is 24.5 Å². The van der Waals surface area contributed by atoms with E-state index in [4.69, 9.17) is 15.9 Å². The zero-order valence-corrected chi connectivity index (χ0v) is 16.1. The molecule has 0 aromatic heterocycles. The van der Waals surface area contributed by atoms with E-state index >= 15 is 0 Å². The highest BCUT2D eigenvalue weighted by Crippen LogP contribution is 2.39. The Morgan fingerprint density at radius 2 is 1.75 bits per heavy atom. The molecular formula is C22H26N4O2. The molecule has 0 spiro atoms. The third-order valence-corrected chi connectivity index (χ3v) is 4.90. The molecule has 2 aromatic rings. The maximum Gasteiger partial charge on any atom is 0.311 e. The smallest absolute Gasteiger partial charge is 0.311 e. The molecule has 0 saturated heterocycles. The molecule has 2 aromatic carbocycles. The molecule has 0 amide bonds. The maximum atomic E-state index is 12.8. The average molecular weight is 378 g/mol. The molecule has 3 unspecified atom stereocenters. The first-order chi connectivity index (χ1) is 13.5. The molecule has 6 nitrogen and oxygen atoms in total. The van der Waals surface area contributed by atoms with Crippen LogP contribution in [0.4, 0.5) is 5.69 Å². The molecule has 0 bridgehead atoms. The summed E-state index contributed by atoms with van der Waals surface area (Å²) in [6.45, 7) is 4.04. The van der Waals surface area contributed by atoms with Gasteiger partial charge in [0.2, 0.25) is 0 Å². The van der Waals surface area contributed by atoms with E-state index in [0.717, 1.165) is 11.3 Å². The Hall–Kier alpha value is -3.28. The normalized spacial score (nSPS) is 21.6. The molecule has 1 aliphatic heterocycles. The second-order valence-corrected chi connectivity index (χ2v) is 6.79. The Balaban J connectivity index is 2.13. The largest absolute Gasteiger partial charge is 0.466 e. The second kappa shape index (κ2) is 8.61. The van der Waals surface area contributed by atoms with Crippen molar-refractivity contribution in [3.8, 4) is 0 Å². The van der Waals surface area contributed by atoms with Gasteiger partial charge >= 0.3 is 5.97 Å². The van der Waals surface area contributed by atoms with Crippen LogP contribution in [0.2, 0.25) is 0 Å². The minimum absolute atomic E-state index is 0.0824. The summed E-state index contributed by atoms with van der Waals surface area (Å²) in [6, 6.07) is 19.1. The van der Waals surface area contributed by atoms with E-state index in [1.54, 1.807) is 6.92 Å². The number of nitrogens with one attached hydrogen (secondary N) is 3. The third-order valence-electron chi connectivity index (χ3n) is 4.90. The van der Waals surface area contributed by atoms with Gasteiger partial charge in [0.25, 0.3) is 0 Å². The van der Waals surface area contributed by atoms with Gasteiger partial charge in [-0.05, 0) is 31.5 Å². The number of nitrogens with two attached hydrogens (primary N) is 1. The van der Waals surface area contributed by atoms with Gasteiger partial charge in [0, 0.05) is 23.2 Å². The van der Waals surface area contributed by atoms with E-state index in [1.807, 2.05) is 67.6 Å². The molecule has 1 aliphatic rings. The van der Waals surface area contributed by atoms with Crippen molar-refractivity contribution in [1.29, 1.82) is 5.41 Å². The predicted octanol–water partition coefficient (Wildman–Crippen LogP) is 3.20. The highest BCUT2D eigenvalue weighted by molar-refractivity contribution is 5.98. The minimum Gasteiger partial charge on any atom is -0.466 e. The van der Waals surface area contributed by atoms with Crippen LogP contribution in [0.3, 0.4) is 0 Å². The average Bonchev–Trinajstić information content (AvgIpc) is 2.68. The number of benzene rings is 2. The zero-order valence-electron chi connectivity index (χ0n) is 16.1. The monoisotopic (exact) mass is 378 g/mol. The first kappa shape index (κ1) is 19.5. The molecular weight excluding hydrogens is 352 g/mol. The quantitative estimate of drug-likeness (QED) is 0.351. The SMILES string of the molecule is CCOC(=O)C1C(C)NC(Nc2ccccc2)=C(C(=N)N)C1c1ccccc1. The summed E-state index contributed by atoms with van der Waals surface area (Å²) in [5, 5.41) is 14.9. The summed E-state index contributed by atoms with van der Waals surface area (Å²) in [4.78, 5) is 12.8. The Bertz CT molecular complexity index is 865. The molecule has 1 heterocycles. The number of rotatable bonds is 6. The number of ether oxygens (including phenoxy) is 1. The Morgan fingerprint density at radius 1 is 1.14 bits per heavy atom. The van der Waals surface area contributed by atoms with Crippen molar-refractivity contribution in [3.63, 3.8) is 0 Å². The molecule has 5 N–H and O–H groups in total. The van der Waals surface area contributed by atoms with Crippen molar-refractivity contribution in [1.82, 2.24) is 5.32 Å². The number of hydrogen-bond donors (Lipinski definition) is 4. The van der Waals surface area contributed by atoms with Crippen LogP contribution in [0, 0.1) is 11.3 Å². The van der Waals surface area contributed by atoms with Crippen LogP contribution >= 0.6 is 0 Å². The van der Waals surface area contributed by atoms with Crippen molar-refractivity contribution < 1.29 is 9.53 Å². The molecule has 3 atom stereocenters. The molecule has 146 valence electrons. The van der Waals surface area contributed by atoms with Crippen LogP contribution < -0.4 is 16.4 Å². The number of hydrogen-bond acceptors (Lipinski definition) is 5. The molecule has 28 heavy (non-hydrogen) atoms. The number of para-hydroxylation sites is 1. The van der Waals surface area contributed by atoms with E-state index in [9.17, 15) is 4.79 Å². The molecule has 0 aliphatic carbocycles. The zero-order chi connectivity index (χ0) is 20.1. The lowest BCUT2D eigenvalue weighted by atomic mass is 9.74. The lowest BCUT2D eigenvalue weighted by Gasteiger charge is -2.39. The summed E-state index contributed by atoms with van der Waals surface area (Å²) in [5.74, 6) is -0.627. The van der Waals surface area contributed by atoms with Crippen molar-refractivity contribution >= 4 is 17.5 Å². The van der Waals surface area contributed by atoms with Crippen LogP contribution in [0.1, 0.15) is 25.3 Å². The van der Waals surface area contributed by atoms with E-state index < -0.39 is 5.92 Å². The predicted molar refractivity (Wildman–Crippen MR) is 111 cm³/mol. The van der Waals surface area contributed by atoms with Crippen molar-refractivity contribution in [2.24, 2.45) is 11.7 Å². The van der Waals surface area contributed by atoms with E-state index in [0.29, 0.717) is 18.0 Å². The van der Waals surface area contributed by atoms with Crippen LogP contribution in [-0.2, 0) is 9.53 Å². The fourth-order valence-corrected chi connectivity index (χ4v) is 3.70. The fraction of sp³-hybridized carbons (Fsp3) is 0.273. The summed E-state index contributed by atoms with van der Waals surface area (Å²) in [5.41, 5.74) is 8.37. The van der Waals surface area contributed by atoms with Crippen LogP contribution in [0.15, 0.2) is 72.1 Å². The first-order valence-electron chi connectivity index (χ1n) is 9.41. The second-order valence-electron chi connectivity index (χ2n) is 6.79. The fourth-order valence-electron chi connectivity index (χ4n) is 3.70. The van der Waals surface area contributed by atoms with E-state index in [1.165, 1.54) is 0 Å². The molecule has 0 radical (unpaired) electrons. The maximum absolute atomic E-state index is 12.8. The van der Waals surface area contributed by atoms with Crippen molar-refractivity contribution in [2.75, 3.05) is 11.9 Å². The van der Waals surface area contributed by atoms with Crippen LogP contribution in [0.25, 0.3) is 0 Å². The summed E-state index contributed by atoms with van der Waals surface area (Å²) in [6.07, 6.45) is 0. The summed E-state index contributed by atoms with van der Waals surface area (Å²) in [7, 11) is 0. The molecule has 0 saturated carbocycles. The Morgan fingerprint density at radius 3 is 2.32 bits per heavy atom. The van der Waals surface area contributed by atoms with Gasteiger partial charge in [0.15, 0.2) is 0 Å². The van der Waals surface area contributed by atoms with E-state index in [2.05, 4.69) is 10.6 Å². The third kappa shape index (κ3) is 4.01. The van der Waals surface area contributed by atoms with Gasteiger partial charge in [-0.25, -0.2) is 0 Å². The highest BCUT2D eigenvalue weighted by Gasteiger charge is 2.43. The van der Waals surface area contributed by atoms with Crippen molar-refractivity contribution in [2.45, 2.75) is 25.8 Å². The van der Waals surface area contributed by atoms with Crippen molar-refractivity contribution in [3.05, 3.63) is 77.6 Å². The Labute approximate surface area is 165 Å². The van der Waals surface area contributed by atoms with E-state index in [-0.39, 0.29) is 23.8 Å². The van der Waals surface area contributed by atoms with Gasteiger partial charge in [-0.2, -0.15) is 0 Å². The van der Waals surface area contributed by atoms with Crippen LogP contribution in [0.5, 0.6) is 0 Å². The van der Waals surface area contributed by atoms with Gasteiger partial charge in [-0.1, -0.05) is 48.5 Å². The molecule has 6 heteroatoms. The van der Waals surface area contributed by atoms with Gasteiger partial charge in [-0.3, -0.25) is 10.2 Å². The summed E-state index contributed by atoms with van der Waals surface area (Å²) < 4.78 is 5.35. The topological polar surface area (TPSA) is 100 Å². The summed E-state index contributed by atoms with van der Waals surface area (Å²) >= 11 is 0. The van der Waals surface area contributed by atoms with Gasteiger partial charge < -0.3 is 21.1 Å². The number of carbonyl (C=O) groups is 1. The lowest BCUT2D eigenvalue weighted by Crippen LogP contribution is -2.50. The molecule has 3 rings (SSSR count). The molecule has 0 fully saturated rings. The number of esters is 1. The number of amidine groups is 1. The van der Waals surface area contributed by atoms with Gasteiger partial charge in [-0.15, -0.1) is 0 Å². The highest BCUT2D eigenvalue weighted by atomic mass is 16.5. The number of anilines is 1. The first-order valence-corrected chi connectivity index (χ1v) is 9.41.